The number of hydrogen-bond acceptors (Lipinski definition) is 5. The minimum atomic E-state index is -0.905. The van der Waals surface area contributed by atoms with Crippen LogP contribution in [0.15, 0.2) is 12.4 Å². The van der Waals surface area contributed by atoms with Gasteiger partial charge in [-0.3, -0.25) is 9.36 Å². The van der Waals surface area contributed by atoms with Crippen LogP contribution in [0.1, 0.15) is 30.7 Å². The maximum Gasteiger partial charge on any atom is 0.163 e. The first-order valence-corrected chi connectivity index (χ1v) is 6.15. The van der Waals surface area contributed by atoms with Crippen molar-refractivity contribution in [1.29, 1.82) is 0 Å². The molecule has 2 aromatic heterocycles. The third kappa shape index (κ3) is 2.28. The van der Waals surface area contributed by atoms with Gasteiger partial charge in [0.05, 0.1) is 19.5 Å². The van der Waals surface area contributed by atoms with Gasteiger partial charge >= 0.3 is 0 Å². The third-order valence-corrected chi connectivity index (χ3v) is 3.07. The number of ether oxygens (including phenoxy) is 1. The molecule has 7 heteroatoms. The van der Waals surface area contributed by atoms with Crippen LogP contribution in [0.25, 0.3) is 0 Å². The number of methoxy groups -OCH3 is 1. The van der Waals surface area contributed by atoms with E-state index in [2.05, 4.69) is 10.2 Å². The molecule has 7 nitrogen and oxygen atoms in total. The van der Waals surface area contributed by atoms with Gasteiger partial charge in [-0.25, -0.2) is 0 Å². The van der Waals surface area contributed by atoms with Crippen molar-refractivity contribution >= 4 is 5.82 Å². The van der Waals surface area contributed by atoms with Crippen molar-refractivity contribution in [2.45, 2.75) is 26.0 Å². The monoisotopic (exact) mass is 265 g/mol. The molecule has 0 aliphatic carbocycles. The largest absolute Gasteiger partial charge is 0.493 e. The smallest absolute Gasteiger partial charge is 0.163 e. The van der Waals surface area contributed by atoms with Crippen molar-refractivity contribution in [2.24, 2.45) is 7.05 Å². The highest BCUT2D eigenvalue weighted by atomic mass is 16.5. The Bertz CT molecular complexity index is 560. The van der Waals surface area contributed by atoms with Crippen LogP contribution >= 0.6 is 0 Å². The minimum Gasteiger partial charge on any atom is -0.493 e. The molecule has 2 rings (SSSR count). The van der Waals surface area contributed by atoms with Crippen molar-refractivity contribution in [1.82, 2.24) is 19.6 Å². The van der Waals surface area contributed by atoms with E-state index in [0.29, 0.717) is 29.4 Å². The van der Waals surface area contributed by atoms with Crippen LogP contribution in [0.4, 0.5) is 5.82 Å². The summed E-state index contributed by atoms with van der Waals surface area (Å²) in [7, 11) is 3.28. The van der Waals surface area contributed by atoms with E-state index in [1.54, 1.807) is 31.2 Å². The fourth-order valence-corrected chi connectivity index (χ4v) is 2.02. The molecule has 0 saturated carbocycles. The zero-order valence-electron chi connectivity index (χ0n) is 11.4. The lowest BCUT2D eigenvalue weighted by Crippen LogP contribution is -2.12. The second kappa shape index (κ2) is 5.31. The summed E-state index contributed by atoms with van der Waals surface area (Å²) in [6, 6.07) is 0. The number of aromatic nitrogens is 4. The van der Waals surface area contributed by atoms with E-state index in [4.69, 9.17) is 10.5 Å². The molecule has 0 saturated heterocycles. The van der Waals surface area contributed by atoms with Gasteiger partial charge in [0.2, 0.25) is 0 Å². The van der Waals surface area contributed by atoms with Gasteiger partial charge in [-0.05, 0) is 6.42 Å². The Morgan fingerprint density at radius 1 is 1.42 bits per heavy atom. The molecule has 19 heavy (non-hydrogen) atoms. The summed E-state index contributed by atoms with van der Waals surface area (Å²) in [6.07, 6.45) is 3.16. The first kappa shape index (κ1) is 13.4. The number of aliphatic hydroxyl groups is 1. The molecule has 0 radical (unpaired) electrons. The molecular formula is C12H19N5O2. The van der Waals surface area contributed by atoms with E-state index in [-0.39, 0.29) is 0 Å². The lowest BCUT2D eigenvalue weighted by Gasteiger charge is -2.14. The molecule has 2 heterocycles. The molecule has 0 aliphatic heterocycles. The summed E-state index contributed by atoms with van der Waals surface area (Å²) in [5.41, 5.74) is 7.05. The van der Waals surface area contributed by atoms with E-state index in [9.17, 15) is 5.11 Å². The number of rotatable bonds is 5. The van der Waals surface area contributed by atoms with Crippen molar-refractivity contribution in [3.05, 3.63) is 23.7 Å². The van der Waals surface area contributed by atoms with Crippen LogP contribution in [-0.2, 0) is 13.6 Å². The molecular weight excluding hydrogens is 246 g/mol. The second-order valence-electron chi connectivity index (χ2n) is 4.33. The number of hydrogen-bond donors (Lipinski definition) is 2. The molecule has 3 N–H and O–H groups in total. The number of nitrogen functional groups attached to an aromatic ring is 1. The number of anilines is 1. The highest BCUT2D eigenvalue weighted by Gasteiger charge is 2.24. The summed E-state index contributed by atoms with van der Waals surface area (Å²) in [6.45, 7) is 2.75. The quantitative estimate of drug-likeness (QED) is 0.830. The van der Waals surface area contributed by atoms with Crippen molar-refractivity contribution in [2.75, 3.05) is 12.8 Å². The first-order chi connectivity index (χ1) is 9.10. The van der Waals surface area contributed by atoms with E-state index in [1.807, 2.05) is 6.92 Å². The number of nitrogens with two attached hydrogens (primary N) is 1. The average Bonchev–Trinajstić information content (AvgIpc) is 2.95. The molecule has 0 bridgehead atoms. The van der Waals surface area contributed by atoms with Crippen LogP contribution in [0.5, 0.6) is 5.75 Å². The topological polar surface area (TPSA) is 91.1 Å². The standard InChI is InChI=1S/C12H19N5O2/c1-4-5-17-10(9(19-3)7-15-17)11(18)8-6-14-16(2)12(8)13/h6-7,11,18H,4-5,13H2,1-3H3. The maximum atomic E-state index is 10.5. The van der Waals surface area contributed by atoms with Gasteiger partial charge in [0.1, 0.15) is 17.6 Å². The van der Waals surface area contributed by atoms with Crippen LogP contribution in [0.3, 0.4) is 0 Å². The fraction of sp³-hybridized carbons (Fsp3) is 0.500. The van der Waals surface area contributed by atoms with Gasteiger partial charge < -0.3 is 15.6 Å². The fourth-order valence-electron chi connectivity index (χ4n) is 2.02. The third-order valence-electron chi connectivity index (χ3n) is 3.07. The van der Waals surface area contributed by atoms with Crippen molar-refractivity contribution in [3.63, 3.8) is 0 Å². The highest BCUT2D eigenvalue weighted by Crippen LogP contribution is 2.32. The van der Waals surface area contributed by atoms with Crippen LogP contribution in [-0.4, -0.2) is 31.8 Å². The van der Waals surface area contributed by atoms with E-state index in [0.717, 1.165) is 6.42 Å². The Morgan fingerprint density at radius 2 is 2.16 bits per heavy atom. The Morgan fingerprint density at radius 3 is 2.68 bits per heavy atom. The summed E-state index contributed by atoms with van der Waals surface area (Å²) >= 11 is 0. The summed E-state index contributed by atoms with van der Waals surface area (Å²) in [5, 5.41) is 18.8. The highest BCUT2D eigenvalue weighted by molar-refractivity contribution is 5.45. The predicted octanol–water partition coefficient (Wildman–Crippen LogP) is 0.699. The molecule has 0 aliphatic rings. The average molecular weight is 265 g/mol. The number of aliphatic hydroxyl groups excluding tert-OH is 1. The molecule has 104 valence electrons. The normalized spacial score (nSPS) is 12.6. The Labute approximate surface area is 111 Å². The van der Waals surface area contributed by atoms with Gasteiger partial charge in [-0.1, -0.05) is 6.92 Å². The van der Waals surface area contributed by atoms with E-state index >= 15 is 0 Å². The van der Waals surface area contributed by atoms with Crippen LogP contribution < -0.4 is 10.5 Å². The SMILES string of the molecule is CCCn1ncc(OC)c1C(O)c1cnn(C)c1N. The molecule has 1 unspecified atom stereocenters. The maximum absolute atomic E-state index is 10.5. The van der Waals surface area contributed by atoms with Crippen molar-refractivity contribution in [3.8, 4) is 5.75 Å². The van der Waals surface area contributed by atoms with E-state index in [1.165, 1.54) is 4.68 Å². The lowest BCUT2D eigenvalue weighted by molar-refractivity contribution is 0.202. The molecule has 1 atom stereocenters. The van der Waals surface area contributed by atoms with Crippen molar-refractivity contribution < 1.29 is 9.84 Å². The van der Waals surface area contributed by atoms with Crippen LogP contribution in [0, 0.1) is 0 Å². The Hall–Kier alpha value is -2.02. The van der Waals surface area contributed by atoms with Gasteiger partial charge in [0, 0.05) is 19.2 Å². The summed E-state index contributed by atoms with van der Waals surface area (Å²) in [4.78, 5) is 0. The minimum absolute atomic E-state index is 0.429. The Kier molecular flexibility index (Phi) is 3.75. The van der Waals surface area contributed by atoms with Gasteiger partial charge in [0.15, 0.2) is 5.75 Å². The molecule has 0 amide bonds. The number of nitrogens with zero attached hydrogens (tertiary/aromatic N) is 4. The molecule has 0 spiro atoms. The molecule has 0 aromatic carbocycles. The zero-order valence-corrected chi connectivity index (χ0v) is 11.4. The van der Waals surface area contributed by atoms with Crippen LogP contribution in [0.2, 0.25) is 0 Å². The second-order valence-corrected chi connectivity index (χ2v) is 4.33. The van der Waals surface area contributed by atoms with Gasteiger partial charge in [-0.2, -0.15) is 10.2 Å². The summed E-state index contributed by atoms with van der Waals surface area (Å²) in [5.74, 6) is 0.975. The van der Waals surface area contributed by atoms with E-state index < -0.39 is 6.10 Å². The van der Waals surface area contributed by atoms with Gasteiger partial charge in [0.25, 0.3) is 0 Å². The van der Waals surface area contributed by atoms with Gasteiger partial charge in [-0.15, -0.1) is 0 Å². The predicted molar refractivity (Wildman–Crippen MR) is 70.8 cm³/mol. The molecule has 0 fully saturated rings. The lowest BCUT2D eigenvalue weighted by atomic mass is 10.1. The summed E-state index contributed by atoms with van der Waals surface area (Å²) < 4.78 is 8.50. The Balaban J connectivity index is 2.45. The molecule has 2 aromatic rings. The zero-order chi connectivity index (χ0) is 14.0. The first-order valence-electron chi connectivity index (χ1n) is 6.15. The number of aryl methyl sites for hydroxylation is 2.